The third-order valence-corrected chi connectivity index (χ3v) is 4.90. The number of β-amino-alcohol motifs (C(OH)–C–C–N with tert-alkyl or cyclic N) is 1. The highest BCUT2D eigenvalue weighted by atomic mass is 16.3. The van der Waals surface area contributed by atoms with Gasteiger partial charge in [0.15, 0.2) is 0 Å². The van der Waals surface area contributed by atoms with E-state index in [-0.39, 0.29) is 6.10 Å². The molecule has 0 bridgehead atoms. The number of nitrogens with one attached hydrogen (secondary N) is 1. The van der Waals surface area contributed by atoms with Crippen LogP contribution in [0.5, 0.6) is 0 Å². The van der Waals surface area contributed by atoms with Gasteiger partial charge in [0.2, 0.25) is 0 Å². The fraction of sp³-hybridized carbons (Fsp3) is 1.00. The molecular weight excluding hydrogens is 236 g/mol. The number of hydrogen-bond acceptors (Lipinski definition) is 3. The van der Waals surface area contributed by atoms with Crippen LogP contribution in [0.2, 0.25) is 0 Å². The largest absolute Gasteiger partial charge is 0.392 e. The van der Waals surface area contributed by atoms with Crippen molar-refractivity contribution in [2.75, 3.05) is 32.7 Å². The zero-order chi connectivity index (χ0) is 13.6. The van der Waals surface area contributed by atoms with Crippen molar-refractivity contribution in [3.63, 3.8) is 0 Å². The van der Waals surface area contributed by atoms with Crippen molar-refractivity contribution in [1.82, 2.24) is 10.2 Å². The molecule has 1 unspecified atom stereocenters. The predicted octanol–water partition coefficient (Wildman–Crippen LogP) is 2.39. The third-order valence-electron chi connectivity index (χ3n) is 4.90. The molecule has 0 radical (unpaired) electrons. The van der Waals surface area contributed by atoms with E-state index in [0.29, 0.717) is 5.41 Å². The van der Waals surface area contributed by atoms with E-state index in [1.807, 2.05) is 0 Å². The smallest absolute Gasteiger partial charge is 0.0679 e. The van der Waals surface area contributed by atoms with Gasteiger partial charge in [-0.2, -0.15) is 0 Å². The molecule has 1 heterocycles. The van der Waals surface area contributed by atoms with Crippen molar-refractivity contribution in [2.24, 2.45) is 5.41 Å². The average Bonchev–Trinajstić information content (AvgIpc) is 2.66. The van der Waals surface area contributed by atoms with Gasteiger partial charge in [-0.15, -0.1) is 0 Å². The molecule has 0 spiro atoms. The van der Waals surface area contributed by atoms with Crippen molar-refractivity contribution in [2.45, 2.75) is 64.4 Å². The summed E-state index contributed by atoms with van der Waals surface area (Å²) in [6, 6.07) is 0. The molecule has 2 N–H and O–H groups in total. The number of hydrogen-bond donors (Lipinski definition) is 2. The van der Waals surface area contributed by atoms with Crippen molar-refractivity contribution < 1.29 is 5.11 Å². The summed E-state index contributed by atoms with van der Waals surface area (Å²) in [5, 5.41) is 13.4. The van der Waals surface area contributed by atoms with Gasteiger partial charge >= 0.3 is 0 Å². The Morgan fingerprint density at radius 1 is 1.21 bits per heavy atom. The summed E-state index contributed by atoms with van der Waals surface area (Å²) in [6.45, 7) is 7.74. The second-order valence-corrected chi connectivity index (χ2v) is 6.77. The number of rotatable bonds is 6. The van der Waals surface area contributed by atoms with Crippen LogP contribution < -0.4 is 5.32 Å². The average molecular weight is 268 g/mol. The molecule has 2 aliphatic rings. The van der Waals surface area contributed by atoms with Gasteiger partial charge in [-0.3, -0.25) is 0 Å². The van der Waals surface area contributed by atoms with Gasteiger partial charge in [-0.25, -0.2) is 0 Å². The van der Waals surface area contributed by atoms with Crippen LogP contribution in [-0.4, -0.2) is 48.8 Å². The van der Waals surface area contributed by atoms with Crippen LogP contribution in [0.25, 0.3) is 0 Å². The van der Waals surface area contributed by atoms with Gasteiger partial charge in [0, 0.05) is 26.2 Å². The molecule has 0 amide bonds. The molecule has 1 aliphatic carbocycles. The second kappa shape index (κ2) is 7.61. The lowest BCUT2D eigenvalue weighted by Gasteiger charge is -2.37. The Morgan fingerprint density at radius 2 is 1.95 bits per heavy atom. The van der Waals surface area contributed by atoms with Crippen molar-refractivity contribution in [3.8, 4) is 0 Å². The molecule has 112 valence electrons. The molecule has 1 saturated heterocycles. The van der Waals surface area contributed by atoms with E-state index >= 15 is 0 Å². The predicted molar refractivity (Wildman–Crippen MR) is 80.4 cm³/mol. The molecule has 0 aromatic rings. The Kier molecular flexibility index (Phi) is 6.11. The first kappa shape index (κ1) is 15.3. The molecule has 1 saturated carbocycles. The van der Waals surface area contributed by atoms with Gasteiger partial charge in [0.05, 0.1) is 6.10 Å². The summed E-state index contributed by atoms with van der Waals surface area (Å²) >= 11 is 0. The van der Waals surface area contributed by atoms with Crippen LogP contribution in [0.4, 0.5) is 0 Å². The van der Waals surface area contributed by atoms with E-state index in [2.05, 4.69) is 17.1 Å². The lowest BCUT2D eigenvalue weighted by molar-refractivity contribution is 0.124. The highest BCUT2D eigenvalue weighted by molar-refractivity contribution is 4.89. The monoisotopic (exact) mass is 268 g/mol. The Morgan fingerprint density at radius 3 is 2.53 bits per heavy atom. The number of aliphatic hydroxyl groups excluding tert-OH is 1. The Labute approximate surface area is 118 Å². The summed E-state index contributed by atoms with van der Waals surface area (Å²) < 4.78 is 0. The second-order valence-electron chi connectivity index (χ2n) is 6.77. The van der Waals surface area contributed by atoms with E-state index in [1.165, 1.54) is 58.0 Å². The normalized spacial score (nSPS) is 28.4. The van der Waals surface area contributed by atoms with E-state index in [4.69, 9.17) is 0 Å². The van der Waals surface area contributed by atoms with Crippen molar-refractivity contribution >= 4 is 0 Å². The molecule has 0 aromatic heterocycles. The number of aliphatic hydroxyl groups is 1. The minimum atomic E-state index is -0.0774. The number of likely N-dealkylation sites (tertiary alicyclic amines) is 1. The van der Waals surface area contributed by atoms with Gasteiger partial charge < -0.3 is 15.3 Å². The highest BCUT2D eigenvalue weighted by Crippen LogP contribution is 2.36. The van der Waals surface area contributed by atoms with Gasteiger partial charge in [0.1, 0.15) is 0 Å². The van der Waals surface area contributed by atoms with Crippen LogP contribution in [0.15, 0.2) is 0 Å². The lowest BCUT2D eigenvalue weighted by atomic mass is 9.79. The zero-order valence-corrected chi connectivity index (χ0v) is 12.7. The van der Waals surface area contributed by atoms with Crippen LogP contribution in [0.1, 0.15) is 58.3 Å². The molecule has 2 fully saturated rings. The van der Waals surface area contributed by atoms with Crippen LogP contribution in [0, 0.1) is 5.41 Å². The highest BCUT2D eigenvalue weighted by Gasteiger charge is 2.34. The minimum Gasteiger partial charge on any atom is -0.392 e. The van der Waals surface area contributed by atoms with Gasteiger partial charge in [-0.1, -0.05) is 32.6 Å². The topological polar surface area (TPSA) is 35.5 Å². The first-order chi connectivity index (χ1) is 9.24. The van der Waals surface area contributed by atoms with E-state index in [9.17, 15) is 5.11 Å². The Balaban J connectivity index is 1.91. The lowest BCUT2D eigenvalue weighted by Crippen LogP contribution is -2.43. The fourth-order valence-corrected chi connectivity index (χ4v) is 3.83. The zero-order valence-electron chi connectivity index (χ0n) is 12.7. The van der Waals surface area contributed by atoms with Gasteiger partial charge in [-0.05, 0) is 37.6 Å². The number of nitrogens with zero attached hydrogens (tertiary/aromatic N) is 1. The minimum absolute atomic E-state index is 0.0774. The molecular formula is C16H32N2O. The molecule has 1 aliphatic heterocycles. The maximum atomic E-state index is 9.73. The Hall–Kier alpha value is -0.120. The van der Waals surface area contributed by atoms with Crippen LogP contribution in [0.3, 0.4) is 0 Å². The van der Waals surface area contributed by atoms with E-state index in [0.717, 1.165) is 26.1 Å². The Bertz CT molecular complexity index is 249. The summed E-state index contributed by atoms with van der Waals surface area (Å²) in [4.78, 5) is 2.50. The summed E-state index contributed by atoms with van der Waals surface area (Å²) in [7, 11) is 0. The van der Waals surface area contributed by atoms with Crippen LogP contribution in [-0.2, 0) is 0 Å². The standard InChI is InChI=1S/C16H32N2O/c1-2-10-17-13-16(8-5-3-4-6-9-16)14-18-11-7-15(19)12-18/h15,17,19H,2-14H2,1H3. The quantitative estimate of drug-likeness (QED) is 0.573. The first-order valence-electron chi connectivity index (χ1n) is 8.35. The molecule has 3 heteroatoms. The first-order valence-corrected chi connectivity index (χ1v) is 8.35. The molecule has 19 heavy (non-hydrogen) atoms. The van der Waals surface area contributed by atoms with Crippen molar-refractivity contribution in [3.05, 3.63) is 0 Å². The summed E-state index contributed by atoms with van der Waals surface area (Å²) in [5.41, 5.74) is 0.468. The van der Waals surface area contributed by atoms with Gasteiger partial charge in [0.25, 0.3) is 0 Å². The maximum absolute atomic E-state index is 9.73. The van der Waals surface area contributed by atoms with Crippen molar-refractivity contribution in [1.29, 1.82) is 0 Å². The molecule has 1 atom stereocenters. The third kappa shape index (κ3) is 4.73. The van der Waals surface area contributed by atoms with E-state index < -0.39 is 0 Å². The molecule has 0 aromatic carbocycles. The van der Waals surface area contributed by atoms with Crippen LogP contribution >= 0.6 is 0 Å². The van der Waals surface area contributed by atoms with E-state index in [1.54, 1.807) is 0 Å². The maximum Gasteiger partial charge on any atom is 0.0679 e. The SMILES string of the molecule is CCCNCC1(CN2CCC(O)C2)CCCCCC1. The molecule has 2 rings (SSSR count). The summed E-state index contributed by atoms with van der Waals surface area (Å²) in [6.07, 6.45) is 10.5. The molecule has 3 nitrogen and oxygen atoms in total. The summed E-state index contributed by atoms with van der Waals surface area (Å²) in [5.74, 6) is 0. The fourth-order valence-electron chi connectivity index (χ4n) is 3.83.